The maximum absolute atomic E-state index is 12.5. The van der Waals surface area contributed by atoms with Crippen LogP contribution in [-0.2, 0) is 11.2 Å². The fourth-order valence-electron chi connectivity index (χ4n) is 2.89. The van der Waals surface area contributed by atoms with Crippen LogP contribution in [0.5, 0.6) is 0 Å². The molecule has 3 rings (SSSR count). The van der Waals surface area contributed by atoms with Gasteiger partial charge in [-0.3, -0.25) is 4.79 Å². The van der Waals surface area contributed by atoms with Crippen LogP contribution in [0.2, 0.25) is 0 Å². The first-order chi connectivity index (χ1) is 12.4. The van der Waals surface area contributed by atoms with Crippen LogP contribution >= 0.6 is 11.3 Å². The predicted molar refractivity (Wildman–Crippen MR) is 100 cm³/mol. The quantitative estimate of drug-likeness (QED) is 0.678. The molecular weight excluding hydrogens is 352 g/mol. The van der Waals surface area contributed by atoms with Crippen LogP contribution in [0.15, 0.2) is 0 Å². The second-order valence-electron chi connectivity index (χ2n) is 6.13. The lowest BCUT2D eigenvalue weighted by Gasteiger charge is -2.09. The van der Waals surface area contributed by atoms with Crippen molar-refractivity contribution in [2.24, 2.45) is 0 Å². The normalized spacial score (nSPS) is 11.4. The Bertz CT molecular complexity index is 943. The molecule has 0 saturated heterocycles. The molecule has 0 aliphatic heterocycles. The van der Waals surface area contributed by atoms with Crippen LogP contribution in [0, 0.1) is 13.8 Å². The number of carbonyl (C=O) groups excluding carboxylic acids is 1. The summed E-state index contributed by atoms with van der Waals surface area (Å²) in [6.07, 6.45) is 2.18. The van der Waals surface area contributed by atoms with E-state index in [4.69, 9.17) is 5.73 Å². The molecule has 0 unspecified atom stereocenters. The highest BCUT2D eigenvalue weighted by Gasteiger charge is 2.18. The monoisotopic (exact) mass is 374 g/mol. The molecule has 0 aromatic carbocycles. The Hall–Kier alpha value is -2.62. The Balaban J connectivity index is 1.77. The molecule has 0 saturated carbocycles. The summed E-state index contributed by atoms with van der Waals surface area (Å²) in [7, 11) is 0. The van der Waals surface area contributed by atoms with Crippen LogP contribution in [0.1, 0.15) is 54.6 Å². The van der Waals surface area contributed by atoms with Crippen LogP contribution in [-0.4, -0.2) is 35.7 Å². The van der Waals surface area contributed by atoms with Gasteiger partial charge in [0.05, 0.1) is 6.42 Å². The number of hydrogen-bond donors (Lipinski definition) is 2. The molecule has 3 aromatic rings. The number of amides is 1. The molecule has 10 heteroatoms. The molecule has 138 valence electrons. The van der Waals surface area contributed by atoms with Crippen molar-refractivity contribution in [3.8, 4) is 0 Å². The Morgan fingerprint density at radius 3 is 2.65 bits per heavy atom. The molecule has 3 N–H and O–H groups in total. The van der Waals surface area contributed by atoms with Crippen molar-refractivity contribution in [2.45, 2.75) is 52.9 Å². The number of nitrogen functional groups attached to an aromatic ring is 1. The number of anilines is 2. The third kappa shape index (κ3) is 3.50. The Morgan fingerprint density at radius 1 is 1.23 bits per heavy atom. The van der Waals surface area contributed by atoms with Crippen LogP contribution in [0.4, 0.5) is 11.1 Å². The van der Waals surface area contributed by atoms with Gasteiger partial charge in [0, 0.05) is 22.9 Å². The minimum absolute atomic E-state index is 0.157. The van der Waals surface area contributed by atoms with Crippen molar-refractivity contribution in [3.63, 3.8) is 0 Å². The van der Waals surface area contributed by atoms with Gasteiger partial charge >= 0.3 is 0 Å². The number of fused-ring (bicyclic) bond motifs is 1. The maximum Gasteiger partial charge on any atom is 0.254 e. The summed E-state index contributed by atoms with van der Waals surface area (Å²) in [4.78, 5) is 20.9. The predicted octanol–water partition coefficient (Wildman–Crippen LogP) is 2.26. The van der Waals surface area contributed by atoms with Gasteiger partial charge < -0.3 is 11.1 Å². The van der Waals surface area contributed by atoms with Gasteiger partial charge in [0.2, 0.25) is 17.0 Å². The summed E-state index contributed by atoms with van der Waals surface area (Å²) in [5.74, 6) is 0.801. The Labute approximate surface area is 155 Å². The molecule has 3 heterocycles. The summed E-state index contributed by atoms with van der Waals surface area (Å²) >= 11 is 1.43. The second-order valence-corrected chi connectivity index (χ2v) is 7.14. The number of rotatable bonds is 6. The van der Waals surface area contributed by atoms with E-state index < -0.39 is 0 Å². The summed E-state index contributed by atoms with van der Waals surface area (Å²) in [5, 5.41) is 16.7. The summed E-state index contributed by atoms with van der Waals surface area (Å²) in [6, 6.07) is 0. The van der Waals surface area contributed by atoms with Crippen LogP contribution < -0.4 is 11.1 Å². The lowest BCUT2D eigenvalue weighted by Crippen LogP contribution is -2.17. The molecular formula is C16H22N8OS. The van der Waals surface area contributed by atoms with Gasteiger partial charge in [-0.1, -0.05) is 25.2 Å². The Kier molecular flexibility index (Phi) is 5.12. The lowest BCUT2D eigenvalue weighted by atomic mass is 10.1. The van der Waals surface area contributed by atoms with E-state index in [1.165, 1.54) is 11.3 Å². The number of carbonyl (C=O) groups is 1. The van der Waals surface area contributed by atoms with Gasteiger partial charge in [-0.05, 0) is 26.7 Å². The fraction of sp³-hybridized carbons (Fsp3) is 0.500. The number of aryl methyl sites for hydroxylation is 2. The summed E-state index contributed by atoms with van der Waals surface area (Å²) < 4.78 is 1.56. The van der Waals surface area contributed by atoms with Gasteiger partial charge in [-0.2, -0.15) is 9.50 Å². The van der Waals surface area contributed by atoms with Gasteiger partial charge in [0.1, 0.15) is 5.01 Å². The van der Waals surface area contributed by atoms with E-state index >= 15 is 0 Å². The maximum atomic E-state index is 12.5. The third-order valence-electron chi connectivity index (χ3n) is 4.42. The van der Waals surface area contributed by atoms with Crippen molar-refractivity contribution in [1.29, 1.82) is 0 Å². The van der Waals surface area contributed by atoms with E-state index in [9.17, 15) is 4.79 Å². The second kappa shape index (κ2) is 7.32. The van der Waals surface area contributed by atoms with Crippen molar-refractivity contribution >= 4 is 34.1 Å². The minimum Gasteiger partial charge on any atom is -0.366 e. The number of aromatic nitrogens is 6. The molecule has 26 heavy (non-hydrogen) atoms. The van der Waals surface area contributed by atoms with E-state index in [-0.39, 0.29) is 18.3 Å². The molecule has 0 aliphatic carbocycles. The van der Waals surface area contributed by atoms with Crippen molar-refractivity contribution < 1.29 is 4.79 Å². The largest absolute Gasteiger partial charge is 0.366 e. The minimum atomic E-state index is -0.169. The van der Waals surface area contributed by atoms with E-state index in [2.05, 4.69) is 44.4 Å². The lowest BCUT2D eigenvalue weighted by molar-refractivity contribution is -0.115. The van der Waals surface area contributed by atoms with Gasteiger partial charge in [0.25, 0.3) is 5.78 Å². The van der Waals surface area contributed by atoms with Crippen LogP contribution in [0.25, 0.3) is 5.78 Å². The molecule has 0 spiro atoms. The zero-order valence-electron chi connectivity index (χ0n) is 15.3. The van der Waals surface area contributed by atoms with E-state index in [1.54, 1.807) is 4.52 Å². The number of hydrogen-bond acceptors (Lipinski definition) is 8. The first kappa shape index (κ1) is 18.2. The van der Waals surface area contributed by atoms with Crippen molar-refractivity contribution in [1.82, 2.24) is 29.8 Å². The average molecular weight is 374 g/mol. The van der Waals surface area contributed by atoms with Gasteiger partial charge in [0.15, 0.2) is 0 Å². The highest BCUT2D eigenvalue weighted by atomic mass is 32.1. The van der Waals surface area contributed by atoms with E-state index in [1.807, 2.05) is 13.8 Å². The van der Waals surface area contributed by atoms with E-state index in [0.717, 1.165) is 34.8 Å². The first-order valence-corrected chi connectivity index (χ1v) is 9.36. The molecule has 0 atom stereocenters. The van der Waals surface area contributed by atoms with Crippen LogP contribution in [0.3, 0.4) is 0 Å². The van der Waals surface area contributed by atoms with Crippen molar-refractivity contribution in [3.05, 3.63) is 22.0 Å². The smallest absolute Gasteiger partial charge is 0.254 e. The van der Waals surface area contributed by atoms with Gasteiger partial charge in [-0.25, -0.2) is 4.98 Å². The first-order valence-electron chi connectivity index (χ1n) is 8.54. The standard InChI is InChI=1S/C16H22N8OS/c1-5-10(6-2)13-21-22-16(26-13)19-12(25)7-11-8(3)18-15-20-14(17)23-24(15)9(11)4/h10H,5-7H2,1-4H3,(H2,17,23)(H,19,22,25). The number of nitrogens with one attached hydrogen (secondary N) is 1. The average Bonchev–Trinajstić information content (AvgIpc) is 3.19. The SMILES string of the molecule is CCC(CC)c1nnc(NC(=O)Cc2c(C)nc3nc(N)nn3c2C)s1. The Morgan fingerprint density at radius 2 is 1.96 bits per heavy atom. The van der Waals surface area contributed by atoms with E-state index in [0.29, 0.717) is 16.8 Å². The summed E-state index contributed by atoms with van der Waals surface area (Å²) in [5.41, 5.74) is 7.95. The number of nitrogens with zero attached hydrogens (tertiary/aromatic N) is 6. The molecule has 0 fully saturated rings. The zero-order valence-corrected chi connectivity index (χ0v) is 16.1. The zero-order chi connectivity index (χ0) is 18.8. The topological polar surface area (TPSA) is 124 Å². The summed E-state index contributed by atoms with van der Waals surface area (Å²) in [6.45, 7) is 7.96. The molecule has 0 aliphatic rings. The molecule has 9 nitrogen and oxygen atoms in total. The highest BCUT2D eigenvalue weighted by Crippen LogP contribution is 2.28. The molecule has 1 amide bonds. The molecule has 0 radical (unpaired) electrons. The fourth-order valence-corrected chi connectivity index (χ4v) is 3.92. The van der Waals surface area contributed by atoms with Crippen molar-refractivity contribution in [2.75, 3.05) is 11.1 Å². The molecule has 3 aromatic heterocycles. The van der Waals surface area contributed by atoms with Gasteiger partial charge in [-0.15, -0.1) is 15.3 Å². The molecule has 0 bridgehead atoms. The number of nitrogens with two attached hydrogens (primary N) is 1. The third-order valence-corrected chi connectivity index (χ3v) is 5.43. The highest BCUT2D eigenvalue weighted by molar-refractivity contribution is 7.15.